The van der Waals surface area contributed by atoms with Crippen molar-refractivity contribution in [1.29, 1.82) is 0 Å². The highest BCUT2D eigenvalue weighted by Gasteiger charge is 2.31. The molecule has 0 unspecified atom stereocenters. The maximum Gasteiger partial charge on any atom is 0.138 e. The van der Waals surface area contributed by atoms with Gasteiger partial charge in [-0.15, -0.1) is 11.3 Å². The van der Waals surface area contributed by atoms with E-state index in [2.05, 4.69) is 46.4 Å². The molecule has 0 aromatic carbocycles. The summed E-state index contributed by atoms with van der Waals surface area (Å²) in [5.41, 5.74) is 1.17. The maximum atomic E-state index is 6.00. The zero-order chi connectivity index (χ0) is 16.5. The van der Waals surface area contributed by atoms with E-state index in [1.54, 1.807) is 17.7 Å². The number of rotatable bonds is 5. The van der Waals surface area contributed by atoms with Crippen molar-refractivity contribution in [3.63, 3.8) is 0 Å². The van der Waals surface area contributed by atoms with Crippen LogP contribution in [0.2, 0.25) is 0 Å². The molecule has 4 heterocycles. The molecular weight excluding hydrogens is 322 g/mol. The molecule has 0 saturated carbocycles. The average molecular weight is 343 g/mol. The molecular formula is C17H21N5OS. The smallest absolute Gasteiger partial charge is 0.138 e. The van der Waals surface area contributed by atoms with Crippen LogP contribution in [-0.4, -0.2) is 32.9 Å². The van der Waals surface area contributed by atoms with Crippen LogP contribution in [0.4, 0.5) is 5.82 Å². The summed E-state index contributed by atoms with van der Waals surface area (Å²) in [6.07, 6.45) is 4.63. The van der Waals surface area contributed by atoms with Gasteiger partial charge in [-0.3, -0.25) is 4.68 Å². The van der Waals surface area contributed by atoms with E-state index in [-0.39, 0.29) is 6.10 Å². The fraction of sp³-hybridized carbons (Fsp3) is 0.471. The number of ether oxygens (including phenoxy) is 1. The number of nitrogens with one attached hydrogen (secondary N) is 1. The highest BCUT2D eigenvalue weighted by Crippen LogP contribution is 2.35. The van der Waals surface area contributed by atoms with Gasteiger partial charge in [0.25, 0.3) is 0 Å². The van der Waals surface area contributed by atoms with Crippen molar-refractivity contribution in [3.8, 4) is 0 Å². The number of aryl methyl sites for hydroxylation is 2. The van der Waals surface area contributed by atoms with Crippen LogP contribution in [0.25, 0.3) is 10.2 Å². The van der Waals surface area contributed by atoms with Gasteiger partial charge < -0.3 is 10.1 Å². The molecule has 1 saturated heterocycles. The molecule has 0 bridgehead atoms. The van der Waals surface area contributed by atoms with Crippen LogP contribution in [0, 0.1) is 12.8 Å². The van der Waals surface area contributed by atoms with Crippen LogP contribution in [0.3, 0.4) is 0 Å². The topological polar surface area (TPSA) is 64.9 Å². The first-order chi connectivity index (χ1) is 11.8. The molecule has 7 heteroatoms. The number of thiophene rings is 1. The fourth-order valence-electron chi connectivity index (χ4n) is 3.36. The normalized spacial score (nSPS) is 20.8. The summed E-state index contributed by atoms with van der Waals surface area (Å²) >= 11 is 1.70. The monoisotopic (exact) mass is 343 g/mol. The first kappa shape index (κ1) is 15.5. The molecule has 0 amide bonds. The Labute approximate surface area is 144 Å². The molecule has 3 aromatic rings. The Kier molecular flexibility index (Phi) is 4.20. The van der Waals surface area contributed by atoms with Crippen molar-refractivity contribution >= 4 is 27.4 Å². The number of hydrogen-bond acceptors (Lipinski definition) is 6. The van der Waals surface area contributed by atoms with Gasteiger partial charge in [-0.05, 0) is 32.4 Å². The molecule has 3 aromatic heterocycles. The lowest BCUT2D eigenvalue weighted by Crippen LogP contribution is -2.20. The van der Waals surface area contributed by atoms with Crippen molar-refractivity contribution in [1.82, 2.24) is 19.7 Å². The SMILES string of the molecule is CCn1nccc1[C@@H]1OCC[C@H]1CNc1ncnc2sc(C)cc12. The third kappa shape index (κ3) is 2.78. The summed E-state index contributed by atoms with van der Waals surface area (Å²) in [7, 11) is 0. The molecule has 0 spiro atoms. The summed E-state index contributed by atoms with van der Waals surface area (Å²) in [6.45, 7) is 6.70. The summed E-state index contributed by atoms with van der Waals surface area (Å²) < 4.78 is 8.02. The summed E-state index contributed by atoms with van der Waals surface area (Å²) in [6, 6.07) is 4.22. The Bertz CT molecular complexity index is 842. The van der Waals surface area contributed by atoms with Gasteiger partial charge in [0, 0.05) is 36.7 Å². The van der Waals surface area contributed by atoms with Crippen LogP contribution in [-0.2, 0) is 11.3 Å². The molecule has 1 fully saturated rings. The van der Waals surface area contributed by atoms with Crippen LogP contribution in [0.1, 0.15) is 30.0 Å². The predicted octanol–water partition coefficient (Wildman–Crippen LogP) is 3.41. The van der Waals surface area contributed by atoms with Gasteiger partial charge >= 0.3 is 0 Å². The molecule has 0 radical (unpaired) electrons. The lowest BCUT2D eigenvalue weighted by molar-refractivity contribution is 0.0858. The summed E-state index contributed by atoms with van der Waals surface area (Å²) in [5, 5.41) is 9.00. The molecule has 1 aliphatic rings. The van der Waals surface area contributed by atoms with Gasteiger partial charge in [0.05, 0.1) is 11.1 Å². The van der Waals surface area contributed by atoms with E-state index in [1.165, 1.54) is 10.6 Å². The van der Waals surface area contributed by atoms with Crippen molar-refractivity contribution in [2.45, 2.75) is 32.9 Å². The van der Waals surface area contributed by atoms with Gasteiger partial charge in [-0.25, -0.2) is 9.97 Å². The Morgan fingerprint density at radius 1 is 1.42 bits per heavy atom. The van der Waals surface area contributed by atoms with Crippen molar-refractivity contribution in [2.24, 2.45) is 5.92 Å². The highest BCUT2D eigenvalue weighted by atomic mass is 32.1. The first-order valence-corrected chi connectivity index (χ1v) is 9.16. The second-order valence-electron chi connectivity index (χ2n) is 6.09. The molecule has 0 aliphatic carbocycles. The lowest BCUT2D eigenvalue weighted by atomic mass is 9.99. The van der Waals surface area contributed by atoms with Gasteiger partial charge in [0.15, 0.2) is 0 Å². The Morgan fingerprint density at radius 3 is 3.21 bits per heavy atom. The fourth-order valence-corrected chi connectivity index (χ4v) is 4.21. The van der Waals surface area contributed by atoms with E-state index in [1.807, 2.05) is 10.9 Å². The number of anilines is 1. The third-order valence-electron chi connectivity index (χ3n) is 4.54. The van der Waals surface area contributed by atoms with E-state index in [4.69, 9.17) is 4.74 Å². The molecule has 1 aliphatic heterocycles. The van der Waals surface area contributed by atoms with Crippen LogP contribution in [0.15, 0.2) is 24.7 Å². The predicted molar refractivity (Wildman–Crippen MR) is 95.3 cm³/mol. The molecule has 1 N–H and O–H groups in total. The van der Waals surface area contributed by atoms with Gasteiger partial charge in [0.1, 0.15) is 23.1 Å². The van der Waals surface area contributed by atoms with Crippen molar-refractivity contribution in [3.05, 3.63) is 35.2 Å². The first-order valence-electron chi connectivity index (χ1n) is 8.34. The molecule has 2 atom stereocenters. The Hall–Kier alpha value is -1.99. The number of hydrogen-bond donors (Lipinski definition) is 1. The average Bonchev–Trinajstić information content (AvgIpc) is 3.30. The summed E-state index contributed by atoms with van der Waals surface area (Å²) in [5.74, 6) is 1.33. The van der Waals surface area contributed by atoms with E-state index < -0.39 is 0 Å². The van der Waals surface area contributed by atoms with E-state index in [0.717, 1.165) is 42.2 Å². The molecule has 24 heavy (non-hydrogen) atoms. The second kappa shape index (κ2) is 6.49. The standard InChI is InChI=1S/C17H21N5OS/c1-3-22-14(4-6-21-22)15-12(5-7-23-15)9-18-16-13-8-11(2)24-17(13)20-10-19-16/h4,6,8,10,12,15H,3,5,7,9H2,1-2H3,(H,18,19,20)/t12-,15+/m0/s1. The van der Waals surface area contributed by atoms with Crippen molar-refractivity contribution in [2.75, 3.05) is 18.5 Å². The minimum Gasteiger partial charge on any atom is -0.372 e. The van der Waals surface area contributed by atoms with E-state index in [0.29, 0.717) is 5.92 Å². The largest absolute Gasteiger partial charge is 0.372 e. The molecule has 4 rings (SSSR count). The Morgan fingerprint density at radius 2 is 2.33 bits per heavy atom. The highest BCUT2D eigenvalue weighted by molar-refractivity contribution is 7.18. The van der Waals surface area contributed by atoms with Crippen LogP contribution in [0.5, 0.6) is 0 Å². The van der Waals surface area contributed by atoms with Gasteiger partial charge in [-0.1, -0.05) is 0 Å². The quantitative estimate of drug-likeness (QED) is 0.769. The summed E-state index contributed by atoms with van der Waals surface area (Å²) in [4.78, 5) is 11.1. The van der Waals surface area contributed by atoms with Crippen molar-refractivity contribution < 1.29 is 4.74 Å². The zero-order valence-corrected chi connectivity index (χ0v) is 14.7. The van der Waals surface area contributed by atoms with E-state index >= 15 is 0 Å². The second-order valence-corrected chi connectivity index (χ2v) is 7.33. The van der Waals surface area contributed by atoms with Crippen LogP contribution < -0.4 is 5.32 Å². The molecule has 126 valence electrons. The van der Waals surface area contributed by atoms with Crippen LogP contribution >= 0.6 is 11.3 Å². The van der Waals surface area contributed by atoms with E-state index in [9.17, 15) is 0 Å². The Balaban J connectivity index is 1.52. The lowest BCUT2D eigenvalue weighted by Gasteiger charge is -2.20. The number of nitrogens with zero attached hydrogens (tertiary/aromatic N) is 4. The third-order valence-corrected chi connectivity index (χ3v) is 5.50. The minimum absolute atomic E-state index is 0.0986. The number of aromatic nitrogens is 4. The maximum absolute atomic E-state index is 6.00. The van der Waals surface area contributed by atoms with Gasteiger partial charge in [-0.2, -0.15) is 5.10 Å². The number of fused-ring (bicyclic) bond motifs is 1. The minimum atomic E-state index is 0.0986. The molecule has 6 nitrogen and oxygen atoms in total. The van der Waals surface area contributed by atoms with Gasteiger partial charge in [0.2, 0.25) is 0 Å². The zero-order valence-electron chi connectivity index (χ0n) is 13.9.